The van der Waals surface area contributed by atoms with E-state index < -0.39 is 34.4 Å². The van der Waals surface area contributed by atoms with Crippen LogP contribution in [0.5, 0.6) is 0 Å². The van der Waals surface area contributed by atoms with Gasteiger partial charge in [-0.15, -0.1) is 0 Å². The molecule has 2 heterocycles. The molecule has 1 saturated heterocycles. The number of carbonyl (C=O) groups excluding carboxylic acids is 3. The first-order valence-corrected chi connectivity index (χ1v) is 11.7. The number of nitro groups is 1. The van der Waals surface area contributed by atoms with Crippen molar-refractivity contribution >= 4 is 29.1 Å². The zero-order valence-corrected chi connectivity index (χ0v) is 21.0. The Bertz CT molecular complexity index is 1250. The van der Waals surface area contributed by atoms with Crippen LogP contribution in [-0.2, 0) is 14.3 Å². The van der Waals surface area contributed by atoms with E-state index >= 15 is 0 Å². The third kappa shape index (κ3) is 5.01. The summed E-state index contributed by atoms with van der Waals surface area (Å²) in [7, 11) is 3.91. The van der Waals surface area contributed by atoms with Gasteiger partial charge in [0.1, 0.15) is 5.69 Å². The lowest BCUT2D eigenvalue weighted by Crippen LogP contribution is -3.05. The van der Waals surface area contributed by atoms with E-state index in [1.165, 1.54) is 23.1 Å². The van der Waals surface area contributed by atoms with Gasteiger partial charge in [-0.25, -0.2) is 4.79 Å². The molecule has 0 spiro atoms. The quantitative estimate of drug-likeness (QED) is 0.127. The van der Waals surface area contributed by atoms with Crippen LogP contribution >= 0.6 is 0 Å². The highest BCUT2D eigenvalue weighted by molar-refractivity contribution is 6.46. The van der Waals surface area contributed by atoms with Crippen LogP contribution in [0.2, 0.25) is 0 Å². The van der Waals surface area contributed by atoms with Gasteiger partial charge in [-0.1, -0.05) is 17.9 Å². The molecule has 1 aromatic carbocycles. The normalized spacial score (nSPS) is 17.2. The average Bonchev–Trinajstić information content (AvgIpc) is 3.26. The number of Topliss-reactive ketones (excluding diaryl/α,β-unsaturated/α-hetero) is 1. The van der Waals surface area contributed by atoms with Crippen molar-refractivity contribution < 1.29 is 34.1 Å². The Morgan fingerprint density at radius 3 is 2.56 bits per heavy atom. The van der Waals surface area contributed by atoms with Crippen molar-refractivity contribution in [1.82, 2.24) is 9.88 Å². The van der Waals surface area contributed by atoms with Gasteiger partial charge < -0.3 is 24.6 Å². The van der Waals surface area contributed by atoms with Gasteiger partial charge in [0.25, 0.3) is 11.6 Å². The maximum Gasteiger partial charge on any atom is 0.355 e. The van der Waals surface area contributed by atoms with Crippen molar-refractivity contribution in [2.24, 2.45) is 0 Å². The van der Waals surface area contributed by atoms with Crippen LogP contribution in [0.25, 0.3) is 5.76 Å². The predicted molar refractivity (Wildman–Crippen MR) is 128 cm³/mol. The Balaban J connectivity index is 2.20. The molecule has 1 aliphatic heterocycles. The van der Waals surface area contributed by atoms with Crippen molar-refractivity contribution in [3.05, 3.63) is 68.0 Å². The minimum atomic E-state index is -1.09. The van der Waals surface area contributed by atoms with Crippen LogP contribution in [0.3, 0.4) is 0 Å². The van der Waals surface area contributed by atoms with E-state index in [1.54, 1.807) is 26.8 Å². The predicted octanol–water partition coefficient (Wildman–Crippen LogP) is 0.475. The standard InChI is InChI=1S/C25H30N4O7/c1-6-36-25(33)20-14(2)18(15(3)26-20)22(30)19-21(16-9-7-10-17(13-16)29(34)35)28(24(32)23(19)31)12-8-11-27(4)5/h7,9-10,13,21,26,30H,6,8,11-12H2,1-5H3/b22-19+. The number of esters is 1. The second kappa shape index (κ2) is 10.7. The first-order valence-electron chi connectivity index (χ1n) is 11.7. The summed E-state index contributed by atoms with van der Waals surface area (Å²) in [5, 5.41) is 25.2. The van der Waals surface area contributed by atoms with Gasteiger partial charge in [-0.3, -0.25) is 19.7 Å². The molecule has 1 aromatic heterocycles. The number of nitro benzene ring substituents is 1. The summed E-state index contributed by atoms with van der Waals surface area (Å²) in [5.41, 5.74) is 0.620. The lowest BCUT2D eigenvalue weighted by molar-refractivity contribution is -0.858. The largest absolute Gasteiger partial charge is 0.872 e. The number of ketones is 1. The molecule has 0 radical (unpaired) electrons. The molecule has 0 bridgehead atoms. The number of carbonyl (C=O) groups is 3. The minimum absolute atomic E-state index is 0.0905. The number of rotatable bonds is 9. The minimum Gasteiger partial charge on any atom is -0.872 e. The number of likely N-dealkylation sites (tertiary alicyclic amines) is 1. The monoisotopic (exact) mass is 498 g/mol. The first kappa shape index (κ1) is 26.6. The first-order chi connectivity index (χ1) is 17.0. The van der Waals surface area contributed by atoms with Gasteiger partial charge in [0.2, 0.25) is 5.78 Å². The fraction of sp³-hybridized carbons (Fsp3) is 0.400. The number of nitrogens with zero attached hydrogens (tertiary/aromatic N) is 2. The number of hydrogen-bond donors (Lipinski definition) is 2. The number of aryl methyl sites for hydroxylation is 1. The highest BCUT2D eigenvalue weighted by Gasteiger charge is 2.44. The lowest BCUT2D eigenvalue weighted by Gasteiger charge is -2.27. The lowest BCUT2D eigenvalue weighted by atomic mass is 9.93. The van der Waals surface area contributed by atoms with Crippen molar-refractivity contribution in [3.8, 4) is 0 Å². The summed E-state index contributed by atoms with van der Waals surface area (Å²) >= 11 is 0. The number of hydrogen-bond acceptors (Lipinski definition) is 7. The van der Waals surface area contributed by atoms with Gasteiger partial charge in [0, 0.05) is 36.4 Å². The molecular formula is C25H30N4O7. The van der Waals surface area contributed by atoms with E-state index in [1.807, 2.05) is 14.1 Å². The molecule has 2 N–H and O–H groups in total. The molecule has 3 rings (SSSR count). The number of amides is 1. The Morgan fingerprint density at radius 2 is 1.94 bits per heavy atom. The molecule has 0 aliphatic carbocycles. The summed E-state index contributed by atoms with van der Waals surface area (Å²) in [6.07, 6.45) is 0.559. The van der Waals surface area contributed by atoms with Crippen molar-refractivity contribution in [2.75, 3.05) is 33.8 Å². The number of aromatic nitrogens is 1. The fourth-order valence-electron chi connectivity index (χ4n) is 4.49. The Hall–Kier alpha value is -3.99. The maximum atomic E-state index is 13.8. The molecule has 11 heteroatoms. The number of ether oxygens (including phenoxy) is 1. The molecule has 11 nitrogen and oxygen atoms in total. The summed E-state index contributed by atoms with van der Waals surface area (Å²) in [6.45, 7) is 5.85. The smallest absolute Gasteiger partial charge is 0.355 e. The Morgan fingerprint density at radius 1 is 1.25 bits per heavy atom. The van der Waals surface area contributed by atoms with Gasteiger partial charge in [0.15, 0.2) is 0 Å². The number of benzene rings is 1. The van der Waals surface area contributed by atoms with Gasteiger partial charge in [0.05, 0.1) is 38.2 Å². The van der Waals surface area contributed by atoms with E-state index in [9.17, 15) is 29.6 Å². The van der Waals surface area contributed by atoms with Crippen LogP contribution in [0, 0.1) is 24.0 Å². The second-order valence-electron chi connectivity index (χ2n) is 8.98. The number of quaternary nitrogens is 1. The van der Waals surface area contributed by atoms with Crippen LogP contribution in [0.15, 0.2) is 29.8 Å². The molecule has 1 unspecified atom stereocenters. The Labute approximate surface area is 208 Å². The number of nitrogens with one attached hydrogen (secondary N) is 2. The molecule has 1 amide bonds. The van der Waals surface area contributed by atoms with E-state index in [0.717, 1.165) is 4.90 Å². The van der Waals surface area contributed by atoms with Crippen molar-refractivity contribution in [1.29, 1.82) is 0 Å². The van der Waals surface area contributed by atoms with Crippen LogP contribution in [-0.4, -0.2) is 66.3 Å². The van der Waals surface area contributed by atoms with E-state index in [0.29, 0.717) is 29.8 Å². The summed E-state index contributed by atoms with van der Waals surface area (Å²) in [4.78, 5) is 54.8. The molecule has 1 fully saturated rings. The van der Waals surface area contributed by atoms with Crippen molar-refractivity contribution in [3.63, 3.8) is 0 Å². The molecule has 2 aromatic rings. The topological polar surface area (TPSA) is 150 Å². The highest BCUT2D eigenvalue weighted by atomic mass is 16.6. The Kier molecular flexibility index (Phi) is 7.93. The zero-order chi connectivity index (χ0) is 26.7. The van der Waals surface area contributed by atoms with Gasteiger partial charge in [-0.05, 0) is 37.5 Å². The third-order valence-corrected chi connectivity index (χ3v) is 6.15. The molecular weight excluding hydrogens is 468 g/mol. The SMILES string of the molecule is CCOC(=O)c1[nH]c(C)c(/C([O-])=C2\C(=O)C(=O)N(CCC[NH+](C)C)C2c2cccc([N+](=O)[O-])c2)c1C. The maximum absolute atomic E-state index is 13.8. The molecule has 1 aliphatic rings. The van der Waals surface area contributed by atoms with E-state index in [4.69, 9.17) is 4.74 Å². The van der Waals surface area contributed by atoms with Crippen LogP contribution in [0.1, 0.15) is 52.3 Å². The summed E-state index contributed by atoms with van der Waals surface area (Å²) in [5.74, 6) is -3.13. The molecule has 192 valence electrons. The zero-order valence-electron chi connectivity index (χ0n) is 21.0. The number of H-pyrrole nitrogens is 1. The fourth-order valence-corrected chi connectivity index (χ4v) is 4.49. The molecule has 0 saturated carbocycles. The van der Waals surface area contributed by atoms with Crippen molar-refractivity contribution in [2.45, 2.75) is 33.2 Å². The summed E-state index contributed by atoms with van der Waals surface area (Å²) < 4.78 is 5.04. The number of aromatic amines is 1. The molecule has 1 atom stereocenters. The van der Waals surface area contributed by atoms with E-state index in [-0.39, 0.29) is 35.7 Å². The average molecular weight is 499 g/mol. The second-order valence-corrected chi connectivity index (χ2v) is 8.98. The molecule has 36 heavy (non-hydrogen) atoms. The summed E-state index contributed by atoms with van der Waals surface area (Å²) in [6, 6.07) is 4.50. The van der Waals surface area contributed by atoms with E-state index in [2.05, 4.69) is 4.98 Å². The van der Waals surface area contributed by atoms with Crippen LogP contribution in [0.4, 0.5) is 5.69 Å². The highest BCUT2D eigenvalue weighted by Crippen LogP contribution is 2.40. The third-order valence-electron chi connectivity index (χ3n) is 6.15. The van der Waals surface area contributed by atoms with Crippen LogP contribution < -0.4 is 10.0 Å². The number of non-ortho nitro benzene ring substituents is 1. The van der Waals surface area contributed by atoms with Gasteiger partial charge >= 0.3 is 5.97 Å². The van der Waals surface area contributed by atoms with Gasteiger partial charge in [-0.2, -0.15) is 0 Å².